The summed E-state index contributed by atoms with van der Waals surface area (Å²) in [5, 5.41) is 9.16. The van der Waals surface area contributed by atoms with Crippen LogP contribution in [-0.4, -0.2) is 47.5 Å². The first-order valence-electron chi connectivity index (χ1n) is 6.43. The number of anilines is 1. The Morgan fingerprint density at radius 2 is 2.28 bits per heavy atom. The van der Waals surface area contributed by atoms with Crippen molar-refractivity contribution in [1.82, 2.24) is 9.97 Å². The molecule has 1 N–H and O–H groups in total. The number of hydrogen-bond donors (Lipinski definition) is 1. The summed E-state index contributed by atoms with van der Waals surface area (Å²) in [4.78, 5) is 11.2. The van der Waals surface area contributed by atoms with Gasteiger partial charge >= 0.3 is 0 Å². The third-order valence-corrected chi connectivity index (χ3v) is 3.08. The zero-order valence-corrected chi connectivity index (χ0v) is 11.3. The molecule has 0 amide bonds. The second-order valence-corrected chi connectivity index (χ2v) is 5.01. The van der Waals surface area contributed by atoms with Crippen LogP contribution in [0.2, 0.25) is 0 Å². The van der Waals surface area contributed by atoms with Gasteiger partial charge in [-0.1, -0.05) is 13.8 Å². The molecule has 5 nitrogen and oxygen atoms in total. The lowest BCUT2D eigenvalue weighted by Gasteiger charge is -2.32. The number of rotatable bonds is 3. The number of aliphatic hydroxyl groups excluding tert-OH is 1. The number of aromatic nitrogens is 2. The van der Waals surface area contributed by atoms with Crippen LogP contribution in [-0.2, 0) is 4.74 Å². The van der Waals surface area contributed by atoms with Crippen molar-refractivity contribution in [2.45, 2.75) is 32.8 Å². The fraction of sp³-hybridized carbons (Fsp3) is 0.692. The Bertz CT molecular complexity index is 409. The summed E-state index contributed by atoms with van der Waals surface area (Å²) in [6.07, 6.45) is -0.134. The SMILES string of the molecule is Cc1cc(C(C)C)nc(N2CCOC(CO)C2)n1. The van der Waals surface area contributed by atoms with E-state index in [0.717, 1.165) is 23.9 Å². The molecule has 0 radical (unpaired) electrons. The van der Waals surface area contributed by atoms with Gasteiger partial charge in [0.1, 0.15) is 0 Å². The van der Waals surface area contributed by atoms with Gasteiger partial charge in [0.25, 0.3) is 0 Å². The number of aliphatic hydroxyl groups is 1. The largest absolute Gasteiger partial charge is 0.394 e. The Morgan fingerprint density at radius 1 is 1.50 bits per heavy atom. The molecule has 1 aromatic heterocycles. The van der Waals surface area contributed by atoms with E-state index in [1.165, 1.54) is 0 Å². The van der Waals surface area contributed by atoms with Crippen LogP contribution in [0.1, 0.15) is 31.2 Å². The van der Waals surface area contributed by atoms with E-state index in [4.69, 9.17) is 9.84 Å². The van der Waals surface area contributed by atoms with Gasteiger partial charge in [0.05, 0.1) is 19.3 Å². The summed E-state index contributed by atoms with van der Waals surface area (Å²) < 4.78 is 5.44. The van der Waals surface area contributed by atoms with E-state index in [2.05, 4.69) is 28.7 Å². The van der Waals surface area contributed by atoms with E-state index in [9.17, 15) is 0 Å². The van der Waals surface area contributed by atoms with Crippen molar-refractivity contribution in [3.05, 3.63) is 17.5 Å². The molecule has 1 saturated heterocycles. The monoisotopic (exact) mass is 251 g/mol. The van der Waals surface area contributed by atoms with E-state index in [-0.39, 0.29) is 12.7 Å². The number of ether oxygens (including phenoxy) is 1. The first-order chi connectivity index (χ1) is 8.60. The van der Waals surface area contributed by atoms with Crippen LogP contribution in [0.3, 0.4) is 0 Å². The topological polar surface area (TPSA) is 58.5 Å². The minimum absolute atomic E-state index is 0.0410. The Balaban J connectivity index is 2.21. The van der Waals surface area contributed by atoms with E-state index in [1.807, 2.05) is 13.0 Å². The second-order valence-electron chi connectivity index (χ2n) is 5.01. The van der Waals surface area contributed by atoms with Gasteiger partial charge in [-0.15, -0.1) is 0 Å². The second kappa shape index (κ2) is 5.63. The molecular formula is C13H21N3O2. The smallest absolute Gasteiger partial charge is 0.225 e. The Morgan fingerprint density at radius 3 is 2.94 bits per heavy atom. The van der Waals surface area contributed by atoms with Crippen LogP contribution < -0.4 is 4.90 Å². The van der Waals surface area contributed by atoms with Gasteiger partial charge in [-0.05, 0) is 18.9 Å². The first-order valence-corrected chi connectivity index (χ1v) is 6.43. The van der Waals surface area contributed by atoms with Gasteiger partial charge in [-0.25, -0.2) is 9.97 Å². The third kappa shape index (κ3) is 2.97. The number of nitrogens with zero attached hydrogens (tertiary/aromatic N) is 3. The van der Waals surface area contributed by atoms with E-state index in [1.54, 1.807) is 0 Å². The summed E-state index contributed by atoms with van der Waals surface area (Å²) in [6, 6.07) is 2.03. The van der Waals surface area contributed by atoms with Crippen LogP contribution in [0, 0.1) is 6.92 Å². The van der Waals surface area contributed by atoms with Crippen LogP contribution in [0.5, 0.6) is 0 Å². The lowest BCUT2D eigenvalue weighted by atomic mass is 10.1. The van der Waals surface area contributed by atoms with Crippen molar-refractivity contribution in [3.63, 3.8) is 0 Å². The fourth-order valence-corrected chi connectivity index (χ4v) is 2.03. The minimum atomic E-state index is -0.134. The Labute approximate surface area is 108 Å². The molecule has 2 heterocycles. The van der Waals surface area contributed by atoms with Gasteiger partial charge < -0.3 is 14.7 Å². The lowest BCUT2D eigenvalue weighted by Crippen LogP contribution is -2.45. The molecule has 0 spiro atoms. The molecule has 1 aromatic rings. The highest BCUT2D eigenvalue weighted by Gasteiger charge is 2.22. The highest BCUT2D eigenvalue weighted by molar-refractivity contribution is 5.34. The summed E-state index contributed by atoms with van der Waals surface area (Å²) in [6.45, 7) is 8.32. The summed E-state index contributed by atoms with van der Waals surface area (Å²) >= 11 is 0. The molecule has 1 unspecified atom stereocenters. The molecule has 5 heteroatoms. The molecule has 0 saturated carbocycles. The number of hydrogen-bond acceptors (Lipinski definition) is 5. The van der Waals surface area contributed by atoms with Gasteiger partial charge in [-0.3, -0.25) is 0 Å². The minimum Gasteiger partial charge on any atom is -0.394 e. The van der Waals surface area contributed by atoms with Crippen molar-refractivity contribution in [2.24, 2.45) is 0 Å². The summed E-state index contributed by atoms with van der Waals surface area (Å²) in [7, 11) is 0. The maximum absolute atomic E-state index is 9.16. The molecule has 0 bridgehead atoms. The van der Waals surface area contributed by atoms with E-state index >= 15 is 0 Å². The molecule has 0 aliphatic carbocycles. The standard InChI is InChI=1S/C13H21N3O2/c1-9(2)12-6-10(3)14-13(15-12)16-4-5-18-11(7-16)8-17/h6,9,11,17H,4-5,7-8H2,1-3H3. The van der Waals surface area contributed by atoms with Gasteiger partial charge in [0, 0.05) is 24.5 Å². The van der Waals surface area contributed by atoms with Crippen LogP contribution in [0.4, 0.5) is 5.95 Å². The quantitative estimate of drug-likeness (QED) is 0.872. The summed E-state index contributed by atoms with van der Waals surface area (Å²) in [5.41, 5.74) is 2.04. The molecule has 1 aliphatic heterocycles. The molecule has 100 valence electrons. The highest BCUT2D eigenvalue weighted by Crippen LogP contribution is 2.18. The maximum Gasteiger partial charge on any atom is 0.225 e. The molecule has 2 rings (SSSR count). The van der Waals surface area contributed by atoms with Gasteiger partial charge in [-0.2, -0.15) is 0 Å². The van der Waals surface area contributed by atoms with Gasteiger partial charge in [0.15, 0.2) is 0 Å². The van der Waals surface area contributed by atoms with Crippen molar-refractivity contribution < 1.29 is 9.84 Å². The number of aryl methyl sites for hydroxylation is 1. The van der Waals surface area contributed by atoms with E-state index in [0.29, 0.717) is 19.1 Å². The predicted molar refractivity (Wildman–Crippen MR) is 69.9 cm³/mol. The van der Waals surface area contributed by atoms with Crippen molar-refractivity contribution in [2.75, 3.05) is 31.2 Å². The average Bonchev–Trinajstić information content (AvgIpc) is 2.38. The fourth-order valence-electron chi connectivity index (χ4n) is 2.03. The summed E-state index contributed by atoms with van der Waals surface area (Å²) in [5.74, 6) is 1.14. The highest BCUT2D eigenvalue weighted by atomic mass is 16.5. The maximum atomic E-state index is 9.16. The van der Waals surface area contributed by atoms with Crippen molar-refractivity contribution in [1.29, 1.82) is 0 Å². The Hall–Kier alpha value is -1.20. The first kappa shape index (κ1) is 13.2. The number of morpholine rings is 1. The molecule has 18 heavy (non-hydrogen) atoms. The van der Waals surface area contributed by atoms with Crippen LogP contribution in [0.25, 0.3) is 0 Å². The Kier molecular flexibility index (Phi) is 4.14. The van der Waals surface area contributed by atoms with Crippen LogP contribution >= 0.6 is 0 Å². The third-order valence-electron chi connectivity index (χ3n) is 3.08. The normalized spacial score (nSPS) is 20.5. The molecule has 0 aromatic carbocycles. The van der Waals surface area contributed by atoms with E-state index < -0.39 is 0 Å². The van der Waals surface area contributed by atoms with Crippen LogP contribution in [0.15, 0.2) is 6.07 Å². The van der Waals surface area contributed by atoms with Crippen molar-refractivity contribution in [3.8, 4) is 0 Å². The molecule has 1 aliphatic rings. The van der Waals surface area contributed by atoms with Crippen molar-refractivity contribution >= 4 is 5.95 Å². The lowest BCUT2D eigenvalue weighted by molar-refractivity contribution is 0.00312. The predicted octanol–water partition coefficient (Wildman–Crippen LogP) is 1.11. The zero-order chi connectivity index (χ0) is 13.1. The zero-order valence-electron chi connectivity index (χ0n) is 11.3. The molecular weight excluding hydrogens is 230 g/mol. The molecule has 1 atom stereocenters. The molecule has 1 fully saturated rings. The average molecular weight is 251 g/mol. The van der Waals surface area contributed by atoms with Gasteiger partial charge in [0.2, 0.25) is 5.95 Å².